The third-order valence-electron chi connectivity index (χ3n) is 8.73. The number of carboxylic acids is 1. The van der Waals surface area contributed by atoms with Crippen molar-refractivity contribution in [1.29, 1.82) is 0 Å². The van der Waals surface area contributed by atoms with Gasteiger partial charge < -0.3 is 30.3 Å². The molecule has 2 heterocycles. The molecule has 0 bridgehead atoms. The molecule has 51 heavy (non-hydrogen) atoms. The lowest BCUT2D eigenvalue weighted by molar-refractivity contribution is -0.192. The number of ether oxygens (including phenoxy) is 1. The molecule has 4 aromatic rings. The number of para-hydroxylation sites is 1. The number of rotatable bonds is 11. The number of nitrogens with zero attached hydrogens (tertiary/aromatic N) is 3. The van der Waals surface area contributed by atoms with E-state index in [1.807, 2.05) is 59.5 Å². The molecule has 12 heteroatoms. The number of likely N-dealkylation sites (tertiary alicyclic amines) is 1. The van der Waals surface area contributed by atoms with Crippen LogP contribution in [-0.4, -0.2) is 90.3 Å². The summed E-state index contributed by atoms with van der Waals surface area (Å²) >= 11 is 0. The maximum Gasteiger partial charge on any atom is 0.490 e. The molecule has 2 saturated heterocycles. The topological polar surface area (TPSA) is 97.4 Å². The number of carbonyl (C=O) groups excluding carboxylic acids is 1. The van der Waals surface area contributed by atoms with Gasteiger partial charge in [-0.15, -0.1) is 0 Å². The lowest BCUT2D eigenvalue weighted by Crippen LogP contribution is -2.42. The molecule has 2 aliphatic heterocycles. The first-order valence-corrected chi connectivity index (χ1v) is 17.1. The SMILES string of the molecule is O=C(Nc1ccc(Oc2ccccc2)cc1)N(CCN1CCCC1)Cc1ccc(-c2ccc(CN3CCNCC3)cc2)cc1.O=C(O)C(F)(F)F. The maximum absolute atomic E-state index is 13.5. The fourth-order valence-corrected chi connectivity index (χ4v) is 5.91. The minimum Gasteiger partial charge on any atom is -0.475 e. The van der Waals surface area contributed by atoms with Gasteiger partial charge >= 0.3 is 18.2 Å². The number of nitrogens with one attached hydrogen (secondary N) is 2. The van der Waals surface area contributed by atoms with Crippen molar-refractivity contribution in [3.05, 3.63) is 114 Å². The lowest BCUT2D eigenvalue weighted by Gasteiger charge is -2.27. The Kier molecular flexibility index (Phi) is 13.4. The van der Waals surface area contributed by atoms with Crippen molar-refractivity contribution in [2.75, 3.05) is 57.7 Å². The molecule has 2 amide bonds. The van der Waals surface area contributed by atoms with Crippen LogP contribution in [0.5, 0.6) is 11.5 Å². The molecule has 6 rings (SSSR count). The third-order valence-corrected chi connectivity index (χ3v) is 8.73. The van der Waals surface area contributed by atoms with Gasteiger partial charge in [0.15, 0.2) is 0 Å². The molecule has 2 aliphatic rings. The van der Waals surface area contributed by atoms with Gasteiger partial charge in [-0.1, -0.05) is 66.7 Å². The molecule has 0 atom stereocenters. The number of alkyl halides is 3. The highest BCUT2D eigenvalue weighted by Gasteiger charge is 2.38. The first-order valence-electron chi connectivity index (χ1n) is 17.1. The van der Waals surface area contributed by atoms with E-state index in [-0.39, 0.29) is 6.03 Å². The molecule has 3 N–H and O–H groups in total. The average Bonchev–Trinajstić information content (AvgIpc) is 3.66. The van der Waals surface area contributed by atoms with Crippen molar-refractivity contribution in [1.82, 2.24) is 20.0 Å². The summed E-state index contributed by atoms with van der Waals surface area (Å²) in [5.74, 6) is -1.24. The number of carboxylic acid groups (broad SMARTS) is 1. The van der Waals surface area contributed by atoms with Gasteiger partial charge in [0.25, 0.3) is 0 Å². The van der Waals surface area contributed by atoms with E-state index in [4.69, 9.17) is 14.6 Å². The highest BCUT2D eigenvalue weighted by atomic mass is 19.4. The van der Waals surface area contributed by atoms with Gasteiger partial charge in [0, 0.05) is 58.0 Å². The fourth-order valence-electron chi connectivity index (χ4n) is 5.91. The van der Waals surface area contributed by atoms with Crippen LogP contribution in [0.3, 0.4) is 0 Å². The van der Waals surface area contributed by atoms with E-state index in [2.05, 4.69) is 69.0 Å². The Morgan fingerprint density at radius 1 is 0.745 bits per heavy atom. The van der Waals surface area contributed by atoms with Gasteiger partial charge in [-0.3, -0.25) is 4.90 Å². The number of aliphatic carboxylic acids is 1. The molecule has 270 valence electrons. The Morgan fingerprint density at radius 3 is 1.86 bits per heavy atom. The Balaban J connectivity index is 0.000000654. The predicted octanol–water partition coefficient (Wildman–Crippen LogP) is 7.31. The Morgan fingerprint density at radius 2 is 1.29 bits per heavy atom. The number of anilines is 1. The summed E-state index contributed by atoms with van der Waals surface area (Å²) in [4.78, 5) is 29.3. The second-order valence-corrected chi connectivity index (χ2v) is 12.6. The van der Waals surface area contributed by atoms with Crippen LogP contribution in [0.4, 0.5) is 23.7 Å². The summed E-state index contributed by atoms with van der Waals surface area (Å²) in [6.07, 6.45) is -2.61. The summed E-state index contributed by atoms with van der Waals surface area (Å²) in [5, 5.41) is 13.7. The minimum absolute atomic E-state index is 0.0925. The molecule has 0 radical (unpaired) electrons. The van der Waals surface area contributed by atoms with Crippen molar-refractivity contribution in [2.45, 2.75) is 32.1 Å². The number of benzene rings is 4. The number of amides is 2. The predicted molar refractivity (Wildman–Crippen MR) is 192 cm³/mol. The van der Waals surface area contributed by atoms with E-state index in [0.717, 1.165) is 75.1 Å². The summed E-state index contributed by atoms with van der Waals surface area (Å²) < 4.78 is 37.6. The van der Waals surface area contributed by atoms with Crippen LogP contribution in [0.15, 0.2) is 103 Å². The van der Waals surface area contributed by atoms with Crippen molar-refractivity contribution >= 4 is 17.7 Å². The lowest BCUT2D eigenvalue weighted by atomic mass is 10.0. The van der Waals surface area contributed by atoms with E-state index in [1.54, 1.807) is 0 Å². The smallest absolute Gasteiger partial charge is 0.475 e. The summed E-state index contributed by atoms with van der Waals surface area (Å²) in [7, 11) is 0. The first kappa shape index (κ1) is 37.3. The van der Waals surface area contributed by atoms with E-state index in [1.165, 1.54) is 29.5 Å². The number of carbonyl (C=O) groups is 2. The number of piperazine rings is 1. The second-order valence-electron chi connectivity index (χ2n) is 12.6. The highest BCUT2D eigenvalue weighted by Crippen LogP contribution is 2.24. The average molecular weight is 704 g/mol. The zero-order valence-corrected chi connectivity index (χ0v) is 28.4. The fraction of sp³-hybridized carbons (Fsp3) is 0.333. The Hall–Kier alpha value is -4.91. The van der Waals surface area contributed by atoms with Crippen molar-refractivity contribution in [3.8, 4) is 22.6 Å². The molecule has 0 aromatic heterocycles. The van der Waals surface area contributed by atoms with E-state index in [0.29, 0.717) is 13.1 Å². The van der Waals surface area contributed by atoms with E-state index >= 15 is 0 Å². The normalized spacial score (nSPS) is 15.0. The molecule has 4 aromatic carbocycles. The molecule has 0 aliphatic carbocycles. The number of hydrogen-bond acceptors (Lipinski definition) is 6. The number of halogens is 3. The third kappa shape index (κ3) is 12.1. The highest BCUT2D eigenvalue weighted by molar-refractivity contribution is 5.89. The minimum atomic E-state index is -5.08. The van der Waals surface area contributed by atoms with Crippen LogP contribution in [0, 0.1) is 0 Å². The van der Waals surface area contributed by atoms with Gasteiger partial charge in [0.2, 0.25) is 0 Å². The number of urea groups is 1. The Bertz CT molecular complexity index is 1660. The van der Waals surface area contributed by atoms with Crippen LogP contribution >= 0.6 is 0 Å². The molecular weight excluding hydrogens is 659 g/mol. The first-order chi connectivity index (χ1) is 24.6. The van der Waals surface area contributed by atoms with Crippen LogP contribution in [0.2, 0.25) is 0 Å². The van der Waals surface area contributed by atoms with Gasteiger partial charge in [-0.25, -0.2) is 9.59 Å². The maximum atomic E-state index is 13.5. The monoisotopic (exact) mass is 703 g/mol. The van der Waals surface area contributed by atoms with Crippen molar-refractivity contribution in [2.24, 2.45) is 0 Å². The van der Waals surface area contributed by atoms with E-state index in [9.17, 15) is 18.0 Å². The number of hydrogen-bond donors (Lipinski definition) is 3. The molecule has 0 unspecified atom stereocenters. The summed E-state index contributed by atoms with van der Waals surface area (Å²) in [5.41, 5.74) is 5.62. The van der Waals surface area contributed by atoms with Gasteiger partial charge in [0.05, 0.1) is 0 Å². The quantitative estimate of drug-likeness (QED) is 0.151. The van der Waals surface area contributed by atoms with Crippen LogP contribution < -0.4 is 15.4 Å². The Labute approximate surface area is 296 Å². The molecule has 0 saturated carbocycles. The summed E-state index contributed by atoms with van der Waals surface area (Å²) in [6, 6.07) is 34.7. The van der Waals surface area contributed by atoms with Crippen LogP contribution in [0.1, 0.15) is 24.0 Å². The van der Waals surface area contributed by atoms with Crippen molar-refractivity contribution in [3.63, 3.8) is 0 Å². The standard InChI is InChI=1S/C37H43N5O2.C2HF3O2/c43-37(39-34-16-18-36(19-17-34)44-35-6-2-1-3-7-35)42(27-26-40-22-4-5-23-40)29-31-10-14-33(15-11-31)32-12-8-30(9-13-32)28-41-24-20-38-21-25-41;3-2(4,5)1(6)7/h1-3,6-19,38H,4-5,20-29H2,(H,39,43);(H,6,7). The van der Waals surface area contributed by atoms with Crippen LogP contribution in [-0.2, 0) is 17.9 Å². The zero-order valence-electron chi connectivity index (χ0n) is 28.4. The van der Waals surface area contributed by atoms with E-state index < -0.39 is 12.1 Å². The second kappa shape index (κ2) is 18.4. The molecule has 2 fully saturated rings. The van der Waals surface area contributed by atoms with Crippen LogP contribution in [0.25, 0.3) is 11.1 Å². The van der Waals surface area contributed by atoms with Crippen molar-refractivity contribution < 1.29 is 32.6 Å². The molecule has 0 spiro atoms. The molecule has 9 nitrogen and oxygen atoms in total. The van der Waals surface area contributed by atoms with Gasteiger partial charge in [-0.2, -0.15) is 13.2 Å². The zero-order chi connectivity index (χ0) is 36.1. The van der Waals surface area contributed by atoms with Gasteiger partial charge in [-0.05, 0) is 84.6 Å². The largest absolute Gasteiger partial charge is 0.490 e. The summed E-state index contributed by atoms with van der Waals surface area (Å²) in [6.45, 7) is 9.69. The molecular formula is C39H44F3N5O4. The van der Waals surface area contributed by atoms with Gasteiger partial charge in [0.1, 0.15) is 11.5 Å².